The Morgan fingerprint density at radius 1 is 1.07 bits per heavy atom. The van der Waals surface area contributed by atoms with Gasteiger partial charge in [-0.1, -0.05) is 36.4 Å². The summed E-state index contributed by atoms with van der Waals surface area (Å²) in [5.41, 5.74) is 3.75. The number of aryl methyl sites for hydroxylation is 1. The van der Waals surface area contributed by atoms with Crippen molar-refractivity contribution in [2.45, 2.75) is 26.4 Å². The van der Waals surface area contributed by atoms with Gasteiger partial charge in [-0.15, -0.1) is 11.3 Å². The number of amides is 1. The molecular formula is C24H30N4OS. The number of para-hydroxylation sites is 1. The van der Waals surface area contributed by atoms with E-state index in [1.165, 1.54) is 15.8 Å². The van der Waals surface area contributed by atoms with Crippen LogP contribution in [0.5, 0.6) is 0 Å². The number of rotatable bonds is 6. The molecule has 2 heterocycles. The van der Waals surface area contributed by atoms with E-state index < -0.39 is 0 Å². The summed E-state index contributed by atoms with van der Waals surface area (Å²) >= 11 is 1.67. The number of nitrogens with zero attached hydrogens (tertiary/aromatic N) is 4. The summed E-state index contributed by atoms with van der Waals surface area (Å²) in [7, 11) is 1.90. The van der Waals surface area contributed by atoms with Crippen LogP contribution in [0.2, 0.25) is 0 Å². The van der Waals surface area contributed by atoms with Gasteiger partial charge in [0.15, 0.2) is 0 Å². The van der Waals surface area contributed by atoms with Crippen molar-refractivity contribution < 1.29 is 4.79 Å². The van der Waals surface area contributed by atoms with Crippen LogP contribution in [-0.2, 0) is 11.3 Å². The molecule has 0 aliphatic carbocycles. The predicted molar refractivity (Wildman–Crippen MR) is 124 cm³/mol. The standard InChI is InChI=1S/C24H30N4OS/c1-18-8-4-5-9-20(18)16-27-12-14-28(15-13-27)17-23(29)26(3)19(2)24-25-21-10-6-7-11-22(21)30-24/h4-11,19H,12-17H2,1-3H3/t19-/m1/s1. The average molecular weight is 423 g/mol. The van der Waals surface area contributed by atoms with Crippen LogP contribution in [0.25, 0.3) is 10.2 Å². The van der Waals surface area contributed by atoms with Gasteiger partial charge in [0, 0.05) is 39.8 Å². The van der Waals surface area contributed by atoms with Gasteiger partial charge in [-0.25, -0.2) is 4.98 Å². The number of likely N-dealkylation sites (N-methyl/N-ethyl adjacent to an activating group) is 1. The van der Waals surface area contributed by atoms with Gasteiger partial charge in [0.05, 0.1) is 22.8 Å². The summed E-state index contributed by atoms with van der Waals surface area (Å²) in [4.78, 5) is 24.2. The number of fused-ring (bicyclic) bond motifs is 1. The summed E-state index contributed by atoms with van der Waals surface area (Å²) in [6.07, 6.45) is 0. The van der Waals surface area contributed by atoms with Gasteiger partial charge in [-0.2, -0.15) is 0 Å². The van der Waals surface area contributed by atoms with Crippen LogP contribution < -0.4 is 0 Å². The van der Waals surface area contributed by atoms with Crippen molar-refractivity contribution in [2.24, 2.45) is 0 Å². The van der Waals surface area contributed by atoms with E-state index in [2.05, 4.69) is 54.0 Å². The Morgan fingerprint density at radius 3 is 2.47 bits per heavy atom. The van der Waals surface area contributed by atoms with Gasteiger partial charge in [0.2, 0.25) is 5.91 Å². The molecule has 4 rings (SSSR count). The summed E-state index contributed by atoms with van der Waals surface area (Å²) in [5.74, 6) is 0.161. The lowest BCUT2D eigenvalue weighted by atomic mass is 10.1. The largest absolute Gasteiger partial charge is 0.335 e. The average Bonchev–Trinajstić information content (AvgIpc) is 3.20. The first-order valence-electron chi connectivity index (χ1n) is 10.6. The molecule has 3 aromatic rings. The SMILES string of the molecule is Cc1ccccc1CN1CCN(CC(=O)N(C)[C@H](C)c2nc3ccccc3s2)CC1. The predicted octanol–water partition coefficient (Wildman–Crippen LogP) is 3.94. The molecule has 0 saturated carbocycles. The monoisotopic (exact) mass is 422 g/mol. The van der Waals surface area contributed by atoms with E-state index in [0.717, 1.165) is 43.2 Å². The minimum Gasteiger partial charge on any atom is -0.335 e. The van der Waals surface area contributed by atoms with Crippen molar-refractivity contribution in [3.8, 4) is 0 Å². The van der Waals surface area contributed by atoms with Crippen LogP contribution in [0.4, 0.5) is 0 Å². The fourth-order valence-electron chi connectivity index (χ4n) is 3.89. The highest BCUT2D eigenvalue weighted by molar-refractivity contribution is 7.18. The highest BCUT2D eigenvalue weighted by Crippen LogP contribution is 2.28. The van der Waals surface area contributed by atoms with Gasteiger partial charge in [-0.3, -0.25) is 14.6 Å². The van der Waals surface area contributed by atoms with Gasteiger partial charge in [0.1, 0.15) is 5.01 Å². The Balaban J connectivity index is 1.29. The maximum Gasteiger partial charge on any atom is 0.237 e. The van der Waals surface area contributed by atoms with Crippen LogP contribution >= 0.6 is 11.3 Å². The second kappa shape index (κ2) is 9.25. The number of aromatic nitrogens is 1. The topological polar surface area (TPSA) is 39.7 Å². The van der Waals surface area contributed by atoms with E-state index in [1.807, 2.05) is 30.1 Å². The highest BCUT2D eigenvalue weighted by atomic mass is 32.1. The summed E-state index contributed by atoms with van der Waals surface area (Å²) in [6, 6.07) is 16.7. The maximum absolute atomic E-state index is 12.9. The smallest absolute Gasteiger partial charge is 0.237 e. The molecule has 1 saturated heterocycles. The fourth-order valence-corrected chi connectivity index (χ4v) is 4.95. The number of hydrogen-bond acceptors (Lipinski definition) is 5. The Labute approximate surface area is 182 Å². The molecule has 1 aliphatic heterocycles. The highest BCUT2D eigenvalue weighted by Gasteiger charge is 2.24. The third-order valence-electron chi connectivity index (χ3n) is 6.12. The van der Waals surface area contributed by atoms with E-state index >= 15 is 0 Å². The van der Waals surface area contributed by atoms with E-state index in [1.54, 1.807) is 11.3 Å². The zero-order valence-electron chi connectivity index (χ0n) is 18.0. The molecule has 1 aliphatic rings. The third kappa shape index (κ3) is 4.72. The van der Waals surface area contributed by atoms with Gasteiger partial charge in [-0.05, 0) is 37.1 Å². The molecule has 1 fully saturated rings. The van der Waals surface area contributed by atoms with Crippen molar-refractivity contribution in [3.05, 3.63) is 64.7 Å². The fraction of sp³-hybridized carbons (Fsp3) is 0.417. The molecule has 0 radical (unpaired) electrons. The first-order valence-corrected chi connectivity index (χ1v) is 11.4. The van der Waals surface area contributed by atoms with Crippen LogP contribution in [-0.4, -0.2) is 65.4 Å². The van der Waals surface area contributed by atoms with Crippen LogP contribution in [0, 0.1) is 6.92 Å². The molecule has 0 spiro atoms. The minimum absolute atomic E-state index is 0.0164. The zero-order valence-corrected chi connectivity index (χ0v) is 18.9. The molecule has 158 valence electrons. The molecule has 0 N–H and O–H groups in total. The number of carbonyl (C=O) groups excluding carboxylic acids is 1. The van der Waals surface area contributed by atoms with Crippen molar-refractivity contribution >= 4 is 27.5 Å². The van der Waals surface area contributed by atoms with E-state index in [-0.39, 0.29) is 11.9 Å². The molecule has 6 heteroatoms. The van der Waals surface area contributed by atoms with Crippen molar-refractivity contribution in [2.75, 3.05) is 39.8 Å². The molecule has 30 heavy (non-hydrogen) atoms. The van der Waals surface area contributed by atoms with Crippen LogP contribution in [0.15, 0.2) is 48.5 Å². The minimum atomic E-state index is -0.0164. The van der Waals surface area contributed by atoms with Gasteiger partial charge >= 0.3 is 0 Å². The number of thiazole rings is 1. The lowest BCUT2D eigenvalue weighted by molar-refractivity contribution is -0.133. The molecule has 0 unspecified atom stereocenters. The Bertz CT molecular complexity index is 976. The first kappa shape index (κ1) is 21.0. The van der Waals surface area contributed by atoms with E-state index in [4.69, 9.17) is 4.98 Å². The molecule has 5 nitrogen and oxygen atoms in total. The number of benzene rings is 2. The third-order valence-corrected chi connectivity index (χ3v) is 7.33. The van der Waals surface area contributed by atoms with E-state index in [9.17, 15) is 4.79 Å². The van der Waals surface area contributed by atoms with Crippen LogP contribution in [0.1, 0.15) is 29.1 Å². The van der Waals surface area contributed by atoms with Crippen molar-refractivity contribution in [3.63, 3.8) is 0 Å². The second-order valence-corrected chi connectivity index (χ2v) is 9.24. The molecular weight excluding hydrogens is 392 g/mol. The number of piperazine rings is 1. The first-order chi connectivity index (χ1) is 14.5. The summed E-state index contributed by atoms with van der Waals surface area (Å²) in [6.45, 7) is 9.56. The van der Waals surface area contributed by atoms with Gasteiger partial charge < -0.3 is 4.90 Å². The van der Waals surface area contributed by atoms with E-state index in [0.29, 0.717) is 6.54 Å². The molecule has 1 aromatic heterocycles. The zero-order chi connectivity index (χ0) is 21.1. The van der Waals surface area contributed by atoms with Crippen molar-refractivity contribution in [1.29, 1.82) is 0 Å². The summed E-state index contributed by atoms with van der Waals surface area (Å²) < 4.78 is 1.17. The number of hydrogen-bond donors (Lipinski definition) is 0. The Kier molecular flexibility index (Phi) is 6.46. The van der Waals surface area contributed by atoms with Crippen LogP contribution in [0.3, 0.4) is 0 Å². The quantitative estimate of drug-likeness (QED) is 0.603. The molecule has 0 bridgehead atoms. The molecule has 1 atom stereocenters. The maximum atomic E-state index is 12.9. The molecule has 2 aromatic carbocycles. The van der Waals surface area contributed by atoms with Gasteiger partial charge in [0.25, 0.3) is 0 Å². The van der Waals surface area contributed by atoms with Crippen molar-refractivity contribution in [1.82, 2.24) is 19.7 Å². The summed E-state index contributed by atoms with van der Waals surface area (Å²) in [5, 5.41) is 0.995. The Morgan fingerprint density at radius 2 is 1.73 bits per heavy atom. The second-order valence-electron chi connectivity index (χ2n) is 8.18. The Hall–Kier alpha value is -2.28. The lowest BCUT2D eigenvalue weighted by Crippen LogP contribution is -2.49. The number of carbonyl (C=O) groups is 1. The lowest BCUT2D eigenvalue weighted by Gasteiger charge is -2.35. The molecule has 1 amide bonds. The normalized spacial score (nSPS) is 16.6.